The van der Waals surface area contributed by atoms with Crippen LogP contribution >= 0.6 is 0 Å². The number of benzene rings is 2. The smallest absolute Gasteiger partial charge is 0.150 e. The molecular formula is C30H40N4O2. The highest BCUT2D eigenvalue weighted by molar-refractivity contribution is 5.88. The Morgan fingerprint density at radius 3 is 2.56 bits per heavy atom. The summed E-state index contributed by atoms with van der Waals surface area (Å²) in [6.45, 7) is 9.97. The molecule has 1 saturated carbocycles. The minimum Gasteiger partial charge on any atom is -0.495 e. The number of anilines is 1. The van der Waals surface area contributed by atoms with Crippen molar-refractivity contribution in [2.45, 2.75) is 52.1 Å². The molecule has 6 heteroatoms. The average molecular weight is 489 g/mol. The summed E-state index contributed by atoms with van der Waals surface area (Å²) in [5, 5.41) is 4.81. The summed E-state index contributed by atoms with van der Waals surface area (Å²) < 4.78 is 11.9. The molecule has 0 bridgehead atoms. The lowest BCUT2D eigenvalue weighted by Crippen LogP contribution is -2.46. The Bertz CT molecular complexity index is 1150. The van der Waals surface area contributed by atoms with Gasteiger partial charge in [-0.05, 0) is 67.9 Å². The maximum absolute atomic E-state index is 6.30. The van der Waals surface area contributed by atoms with Gasteiger partial charge in [0.25, 0.3) is 0 Å². The molecule has 0 atom stereocenters. The second kappa shape index (κ2) is 11.5. The fourth-order valence-corrected chi connectivity index (χ4v) is 5.72. The number of nitrogens with one attached hydrogen (secondary N) is 1. The number of hydrogen-bond donors (Lipinski definition) is 1. The number of methoxy groups -OCH3 is 1. The summed E-state index contributed by atoms with van der Waals surface area (Å²) in [6.07, 6.45) is 6.98. The van der Waals surface area contributed by atoms with Gasteiger partial charge < -0.3 is 14.4 Å². The molecule has 0 radical (unpaired) electrons. The highest BCUT2D eigenvalue weighted by Gasteiger charge is 2.22. The van der Waals surface area contributed by atoms with Crippen LogP contribution in [0.15, 0.2) is 48.7 Å². The molecule has 192 valence electrons. The van der Waals surface area contributed by atoms with Gasteiger partial charge in [0.1, 0.15) is 23.7 Å². The molecule has 0 amide bonds. The van der Waals surface area contributed by atoms with E-state index >= 15 is 0 Å². The Morgan fingerprint density at radius 1 is 1.00 bits per heavy atom. The number of para-hydroxylation sites is 2. The third-order valence-electron chi connectivity index (χ3n) is 7.91. The van der Waals surface area contributed by atoms with Gasteiger partial charge in [0.15, 0.2) is 0 Å². The Hall–Kier alpha value is -2.83. The first-order valence-corrected chi connectivity index (χ1v) is 13.5. The number of pyridine rings is 1. The molecule has 2 heterocycles. The summed E-state index contributed by atoms with van der Waals surface area (Å²) in [5.74, 6) is 2.71. The van der Waals surface area contributed by atoms with Crippen LogP contribution in [0, 0.1) is 12.8 Å². The number of aryl methyl sites for hydroxylation is 1. The van der Waals surface area contributed by atoms with Gasteiger partial charge in [-0.15, -0.1) is 0 Å². The molecular weight excluding hydrogens is 448 g/mol. The summed E-state index contributed by atoms with van der Waals surface area (Å²) in [7, 11) is 1.75. The van der Waals surface area contributed by atoms with Gasteiger partial charge in [-0.2, -0.15) is 0 Å². The van der Waals surface area contributed by atoms with Crippen LogP contribution in [-0.4, -0.2) is 55.9 Å². The van der Waals surface area contributed by atoms with E-state index in [0.29, 0.717) is 12.8 Å². The number of hydrogen-bond acceptors (Lipinski definition) is 6. The van der Waals surface area contributed by atoms with Crippen LogP contribution in [-0.2, 0) is 6.54 Å². The van der Waals surface area contributed by atoms with Gasteiger partial charge in [0, 0.05) is 50.3 Å². The molecule has 2 aliphatic rings. The van der Waals surface area contributed by atoms with Crippen LogP contribution in [0.1, 0.15) is 43.7 Å². The molecule has 36 heavy (non-hydrogen) atoms. The van der Waals surface area contributed by atoms with Crippen LogP contribution < -0.4 is 19.7 Å². The van der Waals surface area contributed by atoms with Crippen LogP contribution in [0.4, 0.5) is 5.69 Å². The predicted octanol–water partition coefficient (Wildman–Crippen LogP) is 5.38. The summed E-state index contributed by atoms with van der Waals surface area (Å²) in [4.78, 5) is 9.72. The standard InChI is InChI=1S/C30H40N4O2/c1-22-10-12-25(13-11-22)32-21-36-30-23(2)19-24(26-7-6-14-31-29(26)30)20-33-15-17-34(18-16-33)27-8-4-5-9-28(27)35-3/h4-9,14,19,22,25,32H,10-13,15-18,20-21H2,1-3H3. The van der Waals surface area contributed by atoms with Crippen molar-refractivity contribution < 1.29 is 9.47 Å². The first kappa shape index (κ1) is 24.8. The largest absolute Gasteiger partial charge is 0.495 e. The monoisotopic (exact) mass is 488 g/mol. The number of rotatable bonds is 8. The van der Waals surface area contributed by atoms with Gasteiger partial charge in [-0.1, -0.05) is 31.2 Å². The van der Waals surface area contributed by atoms with E-state index in [9.17, 15) is 0 Å². The maximum atomic E-state index is 6.30. The third-order valence-corrected chi connectivity index (χ3v) is 7.91. The van der Waals surface area contributed by atoms with Crippen LogP contribution in [0.5, 0.6) is 11.5 Å². The molecule has 1 aliphatic heterocycles. The Morgan fingerprint density at radius 2 is 1.78 bits per heavy atom. The molecule has 3 aromatic rings. The van der Waals surface area contributed by atoms with E-state index in [1.165, 1.54) is 42.3 Å². The van der Waals surface area contributed by atoms with Crippen LogP contribution in [0.25, 0.3) is 10.9 Å². The average Bonchev–Trinajstić information content (AvgIpc) is 2.92. The molecule has 1 saturated heterocycles. The lowest BCUT2D eigenvalue weighted by molar-refractivity contribution is 0.225. The van der Waals surface area contributed by atoms with Gasteiger partial charge in [-0.3, -0.25) is 15.2 Å². The molecule has 0 unspecified atom stereocenters. The fourth-order valence-electron chi connectivity index (χ4n) is 5.72. The van der Waals surface area contributed by atoms with Crippen molar-refractivity contribution in [3.63, 3.8) is 0 Å². The molecule has 6 nitrogen and oxygen atoms in total. The van der Waals surface area contributed by atoms with Crippen molar-refractivity contribution in [2.75, 3.05) is 44.9 Å². The second-order valence-corrected chi connectivity index (χ2v) is 10.5. The van der Waals surface area contributed by atoms with E-state index in [1.807, 2.05) is 24.4 Å². The van der Waals surface area contributed by atoms with Crippen LogP contribution in [0.2, 0.25) is 0 Å². The lowest BCUT2D eigenvalue weighted by Gasteiger charge is -2.36. The Labute approximate surface area is 215 Å². The molecule has 2 fully saturated rings. The molecule has 5 rings (SSSR count). The zero-order valence-corrected chi connectivity index (χ0v) is 22.0. The van der Waals surface area contributed by atoms with E-state index in [2.05, 4.69) is 53.2 Å². The topological polar surface area (TPSA) is 49.9 Å². The number of piperazine rings is 1. The number of aromatic nitrogens is 1. The van der Waals surface area contributed by atoms with E-state index in [0.717, 1.165) is 61.2 Å². The van der Waals surface area contributed by atoms with Crippen molar-refractivity contribution >= 4 is 16.6 Å². The highest BCUT2D eigenvalue weighted by Crippen LogP contribution is 2.33. The number of ether oxygens (including phenoxy) is 2. The molecule has 2 aromatic carbocycles. The minimum absolute atomic E-state index is 0.538. The molecule has 1 N–H and O–H groups in total. The fraction of sp³-hybridized carbons (Fsp3) is 0.500. The van der Waals surface area contributed by atoms with Crippen molar-refractivity contribution in [1.82, 2.24) is 15.2 Å². The van der Waals surface area contributed by atoms with E-state index < -0.39 is 0 Å². The van der Waals surface area contributed by atoms with E-state index in [-0.39, 0.29) is 0 Å². The van der Waals surface area contributed by atoms with Crippen molar-refractivity contribution in [3.8, 4) is 11.5 Å². The number of nitrogens with zero attached hydrogens (tertiary/aromatic N) is 3. The predicted molar refractivity (Wildman–Crippen MR) is 147 cm³/mol. The van der Waals surface area contributed by atoms with Crippen molar-refractivity contribution in [3.05, 3.63) is 59.8 Å². The van der Waals surface area contributed by atoms with Gasteiger partial charge >= 0.3 is 0 Å². The zero-order valence-electron chi connectivity index (χ0n) is 22.0. The normalized spacial score (nSPS) is 21.0. The third kappa shape index (κ3) is 5.60. The minimum atomic E-state index is 0.538. The molecule has 1 aliphatic carbocycles. The van der Waals surface area contributed by atoms with Gasteiger partial charge in [0.05, 0.1) is 12.8 Å². The van der Waals surface area contributed by atoms with Crippen molar-refractivity contribution in [1.29, 1.82) is 0 Å². The van der Waals surface area contributed by atoms with Crippen molar-refractivity contribution in [2.24, 2.45) is 5.92 Å². The first-order chi connectivity index (χ1) is 17.6. The van der Waals surface area contributed by atoms with E-state index in [4.69, 9.17) is 14.5 Å². The lowest BCUT2D eigenvalue weighted by atomic mass is 9.87. The van der Waals surface area contributed by atoms with E-state index in [1.54, 1.807) is 7.11 Å². The second-order valence-electron chi connectivity index (χ2n) is 10.5. The summed E-state index contributed by atoms with van der Waals surface area (Å²) >= 11 is 0. The SMILES string of the molecule is COc1ccccc1N1CCN(Cc2cc(C)c(OCNC3CCC(C)CC3)c3ncccc23)CC1. The highest BCUT2D eigenvalue weighted by atomic mass is 16.5. The quantitative estimate of drug-likeness (QED) is 0.430. The maximum Gasteiger partial charge on any atom is 0.150 e. The number of fused-ring (bicyclic) bond motifs is 1. The molecule has 1 aromatic heterocycles. The van der Waals surface area contributed by atoms with Gasteiger partial charge in [-0.25, -0.2) is 0 Å². The molecule has 0 spiro atoms. The Kier molecular flexibility index (Phi) is 7.93. The first-order valence-electron chi connectivity index (χ1n) is 13.5. The summed E-state index contributed by atoms with van der Waals surface area (Å²) in [5.41, 5.74) is 4.63. The van der Waals surface area contributed by atoms with Crippen LogP contribution in [0.3, 0.4) is 0 Å². The zero-order chi connectivity index (χ0) is 24.9. The Balaban J connectivity index is 1.24. The summed E-state index contributed by atoms with van der Waals surface area (Å²) in [6, 6.07) is 15.4. The van der Waals surface area contributed by atoms with Gasteiger partial charge in [0.2, 0.25) is 0 Å².